The second-order valence-corrected chi connectivity index (χ2v) is 2.02. The van der Waals surface area contributed by atoms with E-state index >= 15 is 0 Å². The molecule has 1 N–H and O–H groups in total. The van der Waals surface area contributed by atoms with E-state index < -0.39 is 0 Å². The molecule has 3 heteroatoms. The molecule has 0 saturated heterocycles. The summed E-state index contributed by atoms with van der Waals surface area (Å²) in [6, 6.07) is 0. The molecule has 0 aromatic heterocycles. The third-order valence-electron chi connectivity index (χ3n) is 0.295. The zero-order valence-corrected chi connectivity index (χ0v) is 5.25. The maximum atomic E-state index is 6.85. The Labute approximate surface area is 47.7 Å². The van der Waals surface area contributed by atoms with Gasteiger partial charge in [-0.3, -0.25) is 5.41 Å². The first-order chi connectivity index (χ1) is 3.27. The van der Waals surface area contributed by atoms with Crippen LogP contribution < -0.4 is 0 Å². The van der Waals surface area contributed by atoms with Crippen LogP contribution in [0, 0.1) is 5.41 Å². The van der Waals surface area contributed by atoms with Gasteiger partial charge in [0.2, 0.25) is 0 Å². The summed E-state index contributed by atoms with van der Waals surface area (Å²) in [5.74, 6) is 0. The minimum Gasteiger partial charge on any atom is -0.297 e. The lowest BCUT2D eigenvalue weighted by atomic mass is 10.9. The minimum atomic E-state index is 0.526. The van der Waals surface area contributed by atoms with Crippen LogP contribution in [0.1, 0.15) is 13.8 Å². The summed E-state index contributed by atoms with van der Waals surface area (Å²) in [7, 11) is 0. The molecular weight excluding hydrogens is 108 g/mol. The molecule has 0 rings (SSSR count). The van der Waals surface area contributed by atoms with Crippen LogP contribution in [0.25, 0.3) is 0 Å². The van der Waals surface area contributed by atoms with E-state index in [4.69, 9.17) is 5.41 Å². The van der Waals surface area contributed by atoms with Crippen molar-refractivity contribution in [2.45, 2.75) is 13.8 Å². The van der Waals surface area contributed by atoms with E-state index in [1.165, 1.54) is 11.9 Å². The fraction of sp³-hybridized carbons (Fsp3) is 0.500. The number of nitrogens with one attached hydrogen (secondary N) is 1. The molecule has 0 aliphatic heterocycles. The largest absolute Gasteiger partial charge is 0.297 e. The third-order valence-corrected chi connectivity index (χ3v) is 0.885. The van der Waals surface area contributed by atoms with Gasteiger partial charge in [-0.25, -0.2) is 4.40 Å². The van der Waals surface area contributed by atoms with E-state index in [9.17, 15) is 0 Å². The molecule has 0 heterocycles. The Balaban J connectivity index is 3.14. The molecular formula is C4H8N2S. The van der Waals surface area contributed by atoms with Crippen LogP contribution in [0.3, 0.4) is 0 Å². The number of hydrogen-bond acceptors (Lipinski definition) is 3. The van der Waals surface area contributed by atoms with Crippen molar-refractivity contribution in [1.82, 2.24) is 0 Å². The van der Waals surface area contributed by atoms with Crippen molar-refractivity contribution in [2.24, 2.45) is 4.40 Å². The smallest absolute Gasteiger partial charge is 0.0838 e. The van der Waals surface area contributed by atoms with Crippen LogP contribution in [0.4, 0.5) is 0 Å². The average molecular weight is 116 g/mol. The minimum absolute atomic E-state index is 0.526. The first-order valence-corrected chi connectivity index (χ1v) is 2.75. The van der Waals surface area contributed by atoms with Crippen LogP contribution in [-0.2, 0) is 0 Å². The van der Waals surface area contributed by atoms with Crippen molar-refractivity contribution in [3.05, 3.63) is 0 Å². The molecule has 0 aromatic carbocycles. The third kappa shape index (κ3) is 5.69. The van der Waals surface area contributed by atoms with Gasteiger partial charge < -0.3 is 0 Å². The second-order valence-electron chi connectivity index (χ2n) is 1.01. The Bertz CT molecular complexity index is 87.7. The highest BCUT2D eigenvalue weighted by Gasteiger charge is 1.78. The fourth-order valence-corrected chi connectivity index (χ4v) is 0.395. The lowest BCUT2D eigenvalue weighted by Gasteiger charge is -1.81. The van der Waals surface area contributed by atoms with E-state index in [1.54, 1.807) is 13.1 Å². The molecule has 40 valence electrons. The number of hydrogen-bond donors (Lipinski definition) is 1. The standard InChI is InChI=1S/C4H8N2S/c1-3-6-7-4(2)5/h3,5H,1-2H3/b5-4?,6-3-. The molecule has 0 spiro atoms. The van der Waals surface area contributed by atoms with Gasteiger partial charge in [0.05, 0.1) is 5.04 Å². The zero-order chi connectivity index (χ0) is 5.70. The SMILES string of the molecule is C/C=N\SC(C)=N. The van der Waals surface area contributed by atoms with Gasteiger partial charge >= 0.3 is 0 Å². The van der Waals surface area contributed by atoms with Crippen LogP contribution >= 0.6 is 11.9 Å². The Morgan fingerprint density at radius 3 is 2.57 bits per heavy atom. The van der Waals surface area contributed by atoms with E-state index in [0.29, 0.717) is 5.04 Å². The molecule has 2 nitrogen and oxygen atoms in total. The summed E-state index contributed by atoms with van der Waals surface area (Å²) in [4.78, 5) is 0. The van der Waals surface area contributed by atoms with Gasteiger partial charge in [0.15, 0.2) is 0 Å². The normalized spacial score (nSPS) is 10.0. The van der Waals surface area contributed by atoms with Gasteiger partial charge in [-0.15, -0.1) is 0 Å². The van der Waals surface area contributed by atoms with Gasteiger partial charge in [-0.05, 0) is 13.8 Å². The van der Waals surface area contributed by atoms with Crippen LogP contribution in [0.5, 0.6) is 0 Å². The topological polar surface area (TPSA) is 36.2 Å². The Morgan fingerprint density at radius 1 is 1.86 bits per heavy atom. The average Bonchev–Trinajstić information content (AvgIpc) is 1.61. The number of rotatable bonds is 1. The van der Waals surface area contributed by atoms with E-state index in [2.05, 4.69) is 4.40 Å². The highest BCUT2D eigenvalue weighted by Crippen LogP contribution is 1.99. The van der Waals surface area contributed by atoms with Crippen molar-refractivity contribution >= 4 is 23.2 Å². The summed E-state index contributed by atoms with van der Waals surface area (Å²) in [6.45, 7) is 3.54. The van der Waals surface area contributed by atoms with Crippen molar-refractivity contribution in [3.63, 3.8) is 0 Å². The van der Waals surface area contributed by atoms with Crippen LogP contribution in [-0.4, -0.2) is 11.3 Å². The summed E-state index contributed by atoms with van der Waals surface area (Å²) < 4.78 is 3.74. The van der Waals surface area contributed by atoms with Crippen molar-refractivity contribution in [3.8, 4) is 0 Å². The summed E-state index contributed by atoms with van der Waals surface area (Å²) in [6.07, 6.45) is 1.67. The molecule has 0 aromatic rings. The molecule has 0 amide bonds. The Hall–Kier alpha value is -0.310. The Morgan fingerprint density at radius 2 is 2.43 bits per heavy atom. The van der Waals surface area contributed by atoms with Crippen molar-refractivity contribution in [2.75, 3.05) is 0 Å². The highest BCUT2D eigenvalue weighted by molar-refractivity contribution is 8.12. The molecule has 0 bridgehead atoms. The molecule has 0 saturated carbocycles. The summed E-state index contributed by atoms with van der Waals surface area (Å²) in [5.41, 5.74) is 0. The second kappa shape index (κ2) is 3.87. The molecule has 0 aliphatic carbocycles. The predicted molar refractivity (Wildman–Crippen MR) is 35.2 cm³/mol. The summed E-state index contributed by atoms with van der Waals surface area (Å²) >= 11 is 1.18. The highest BCUT2D eigenvalue weighted by atomic mass is 32.2. The van der Waals surface area contributed by atoms with Gasteiger partial charge in [0, 0.05) is 18.2 Å². The maximum absolute atomic E-state index is 6.85. The molecule has 0 unspecified atom stereocenters. The van der Waals surface area contributed by atoms with Crippen LogP contribution in [0.2, 0.25) is 0 Å². The van der Waals surface area contributed by atoms with E-state index in [0.717, 1.165) is 0 Å². The molecule has 7 heavy (non-hydrogen) atoms. The van der Waals surface area contributed by atoms with E-state index in [1.807, 2.05) is 6.92 Å². The molecule has 0 radical (unpaired) electrons. The summed E-state index contributed by atoms with van der Waals surface area (Å²) in [5, 5.41) is 7.37. The fourth-order valence-electron chi connectivity index (χ4n) is 0.132. The Kier molecular flexibility index (Phi) is 3.69. The molecule has 0 fully saturated rings. The number of nitrogens with zero attached hydrogens (tertiary/aromatic N) is 1. The zero-order valence-electron chi connectivity index (χ0n) is 4.43. The monoisotopic (exact) mass is 116 g/mol. The van der Waals surface area contributed by atoms with Gasteiger partial charge in [-0.2, -0.15) is 0 Å². The van der Waals surface area contributed by atoms with E-state index in [-0.39, 0.29) is 0 Å². The lowest BCUT2D eigenvalue weighted by molar-refractivity contribution is 1.53. The lowest BCUT2D eigenvalue weighted by Crippen LogP contribution is -1.71. The first kappa shape index (κ1) is 6.69. The molecule has 0 aliphatic rings. The predicted octanol–water partition coefficient (Wildman–Crippen LogP) is 1.72. The van der Waals surface area contributed by atoms with Crippen LogP contribution in [0.15, 0.2) is 4.40 Å². The van der Waals surface area contributed by atoms with Gasteiger partial charge in [-0.1, -0.05) is 0 Å². The quantitative estimate of drug-likeness (QED) is 0.316. The maximum Gasteiger partial charge on any atom is 0.0838 e. The van der Waals surface area contributed by atoms with Gasteiger partial charge in [0.25, 0.3) is 0 Å². The van der Waals surface area contributed by atoms with Gasteiger partial charge in [0.1, 0.15) is 0 Å². The molecule has 0 atom stereocenters. The van der Waals surface area contributed by atoms with Crippen molar-refractivity contribution < 1.29 is 0 Å². The first-order valence-electron chi connectivity index (χ1n) is 1.97. The van der Waals surface area contributed by atoms with Crippen molar-refractivity contribution in [1.29, 1.82) is 5.41 Å².